The van der Waals surface area contributed by atoms with E-state index in [0.29, 0.717) is 24.2 Å². The summed E-state index contributed by atoms with van der Waals surface area (Å²) >= 11 is 0. The Balaban J connectivity index is 1.99. The number of allylic oxidation sites excluding steroid dienone is 2. The van der Waals surface area contributed by atoms with Crippen molar-refractivity contribution in [2.24, 2.45) is 29.6 Å². The van der Waals surface area contributed by atoms with Crippen LogP contribution in [0.15, 0.2) is 12.2 Å². The van der Waals surface area contributed by atoms with E-state index in [9.17, 15) is 19.8 Å². The predicted octanol–water partition coefficient (Wildman–Crippen LogP) is 3.64. The minimum Gasteiger partial charge on any atom is -0.469 e. The molecule has 0 heterocycles. The third-order valence-corrected chi connectivity index (χ3v) is 7.07. The molecule has 6 nitrogen and oxygen atoms in total. The zero-order valence-corrected chi connectivity index (χ0v) is 19.0. The van der Waals surface area contributed by atoms with Crippen LogP contribution in [0.2, 0.25) is 0 Å². The molecule has 0 spiro atoms. The Labute approximate surface area is 181 Å². The van der Waals surface area contributed by atoms with E-state index in [0.717, 1.165) is 32.1 Å². The number of fused-ring (bicyclic) bond motifs is 1. The van der Waals surface area contributed by atoms with Gasteiger partial charge in [-0.25, -0.2) is 0 Å². The number of ether oxygens (including phenoxy) is 2. The summed E-state index contributed by atoms with van der Waals surface area (Å²) in [6, 6.07) is 0. The molecular formula is C24H40O6. The van der Waals surface area contributed by atoms with Crippen LogP contribution in [-0.4, -0.2) is 47.6 Å². The van der Waals surface area contributed by atoms with Gasteiger partial charge in [0.15, 0.2) is 0 Å². The van der Waals surface area contributed by atoms with Crippen molar-refractivity contribution in [3.05, 3.63) is 12.2 Å². The standard InChI is InChI=1S/C24H40O6/c1-5-15(2)24(28)30-21-8-6-7-17-10-9-16(3)20(23(17)21)12-11-18(25)13-19(26)14-22(27)29-4/h9-10,15-21,23,25-26H,5-8,11-14H2,1-4H3/t15-,16-,17+,18+,19+,20-,21+,23-/m1/s1. The minimum atomic E-state index is -0.900. The molecule has 0 aromatic carbocycles. The fraction of sp³-hybridized carbons (Fsp3) is 0.833. The van der Waals surface area contributed by atoms with Gasteiger partial charge in [0.2, 0.25) is 0 Å². The van der Waals surface area contributed by atoms with E-state index in [2.05, 4.69) is 23.8 Å². The van der Waals surface area contributed by atoms with Gasteiger partial charge in [0.1, 0.15) is 6.10 Å². The normalized spacial score (nSPS) is 31.3. The monoisotopic (exact) mass is 424 g/mol. The second-order valence-electron chi connectivity index (χ2n) is 9.27. The number of aliphatic hydroxyl groups excluding tert-OH is 2. The van der Waals surface area contributed by atoms with Crippen molar-refractivity contribution in [1.82, 2.24) is 0 Å². The van der Waals surface area contributed by atoms with Crippen LogP contribution in [0, 0.1) is 29.6 Å². The topological polar surface area (TPSA) is 93.1 Å². The zero-order valence-electron chi connectivity index (χ0n) is 19.0. The first-order valence-electron chi connectivity index (χ1n) is 11.6. The molecule has 0 radical (unpaired) electrons. The largest absolute Gasteiger partial charge is 0.469 e. The van der Waals surface area contributed by atoms with E-state index in [-0.39, 0.29) is 36.8 Å². The van der Waals surface area contributed by atoms with Gasteiger partial charge in [-0.05, 0) is 62.7 Å². The van der Waals surface area contributed by atoms with E-state index in [1.165, 1.54) is 7.11 Å². The quantitative estimate of drug-likeness (QED) is 0.411. The lowest BCUT2D eigenvalue weighted by molar-refractivity contribution is -0.162. The molecule has 1 fully saturated rings. The summed E-state index contributed by atoms with van der Waals surface area (Å²) in [7, 11) is 1.29. The molecule has 6 heteroatoms. The summed E-state index contributed by atoms with van der Waals surface area (Å²) in [6.45, 7) is 6.11. The van der Waals surface area contributed by atoms with Gasteiger partial charge < -0.3 is 19.7 Å². The maximum atomic E-state index is 12.5. The van der Waals surface area contributed by atoms with Gasteiger partial charge in [-0.2, -0.15) is 0 Å². The highest BCUT2D eigenvalue weighted by atomic mass is 16.5. The maximum absolute atomic E-state index is 12.5. The summed E-state index contributed by atoms with van der Waals surface area (Å²) in [5.74, 6) is 0.699. The first-order valence-corrected chi connectivity index (χ1v) is 11.6. The van der Waals surface area contributed by atoms with Crippen LogP contribution in [0.5, 0.6) is 0 Å². The molecule has 2 N–H and O–H groups in total. The van der Waals surface area contributed by atoms with E-state index in [1.54, 1.807) is 0 Å². The van der Waals surface area contributed by atoms with Crippen molar-refractivity contribution < 1.29 is 29.3 Å². The van der Waals surface area contributed by atoms with E-state index in [1.807, 2.05) is 13.8 Å². The van der Waals surface area contributed by atoms with Gasteiger partial charge in [-0.15, -0.1) is 0 Å². The molecule has 30 heavy (non-hydrogen) atoms. The van der Waals surface area contributed by atoms with Gasteiger partial charge in [0, 0.05) is 5.92 Å². The van der Waals surface area contributed by atoms with Gasteiger partial charge in [-0.3, -0.25) is 9.59 Å². The number of carbonyl (C=O) groups excluding carboxylic acids is 2. The molecule has 8 atom stereocenters. The molecule has 172 valence electrons. The SMILES string of the molecule is CC[C@@H](C)C(=O)O[C@H]1CCC[C@H]2C=C[C@@H](C)[C@@H](CC[C@H](O)C[C@H](O)CC(=O)OC)[C@@H]21. The third-order valence-electron chi connectivity index (χ3n) is 7.07. The van der Waals surface area contributed by atoms with Crippen LogP contribution < -0.4 is 0 Å². The second-order valence-corrected chi connectivity index (χ2v) is 9.27. The van der Waals surface area contributed by atoms with Crippen molar-refractivity contribution in [2.75, 3.05) is 7.11 Å². The van der Waals surface area contributed by atoms with Crippen LogP contribution >= 0.6 is 0 Å². The Morgan fingerprint density at radius 2 is 1.90 bits per heavy atom. The molecule has 0 aromatic rings. The van der Waals surface area contributed by atoms with Crippen molar-refractivity contribution >= 4 is 11.9 Å². The summed E-state index contributed by atoms with van der Waals surface area (Å²) in [5, 5.41) is 20.4. The highest BCUT2D eigenvalue weighted by Gasteiger charge is 2.43. The van der Waals surface area contributed by atoms with Crippen LogP contribution in [0.1, 0.15) is 72.1 Å². The molecule has 0 amide bonds. The lowest BCUT2D eigenvalue weighted by Gasteiger charge is -2.46. The highest BCUT2D eigenvalue weighted by molar-refractivity contribution is 5.72. The molecule has 2 rings (SSSR count). The highest BCUT2D eigenvalue weighted by Crippen LogP contribution is 2.46. The Bertz CT molecular complexity index is 588. The lowest BCUT2D eigenvalue weighted by Crippen LogP contribution is -2.44. The molecule has 0 unspecified atom stereocenters. The molecule has 0 aromatic heterocycles. The number of rotatable bonds is 10. The van der Waals surface area contributed by atoms with Crippen LogP contribution in [-0.2, 0) is 19.1 Å². The van der Waals surface area contributed by atoms with Gasteiger partial charge in [0.25, 0.3) is 0 Å². The number of hydrogen-bond donors (Lipinski definition) is 2. The summed E-state index contributed by atoms with van der Waals surface area (Å²) < 4.78 is 10.6. The first-order chi connectivity index (χ1) is 14.3. The molecule has 0 saturated heterocycles. The smallest absolute Gasteiger partial charge is 0.308 e. The third kappa shape index (κ3) is 6.81. The Morgan fingerprint density at radius 3 is 2.57 bits per heavy atom. The fourth-order valence-corrected chi connectivity index (χ4v) is 5.04. The molecule has 1 saturated carbocycles. The van der Waals surface area contributed by atoms with Gasteiger partial charge in [-0.1, -0.05) is 32.9 Å². The number of aliphatic hydroxyl groups is 2. The van der Waals surface area contributed by atoms with Crippen molar-refractivity contribution in [3.63, 3.8) is 0 Å². The van der Waals surface area contributed by atoms with Crippen molar-refractivity contribution in [1.29, 1.82) is 0 Å². The zero-order chi connectivity index (χ0) is 22.3. The number of hydrogen-bond acceptors (Lipinski definition) is 6. The van der Waals surface area contributed by atoms with E-state index in [4.69, 9.17) is 4.74 Å². The Kier molecular flexibility index (Phi) is 9.82. The predicted molar refractivity (Wildman–Crippen MR) is 114 cm³/mol. The minimum absolute atomic E-state index is 0.0651. The molecular weight excluding hydrogens is 384 g/mol. The summed E-state index contributed by atoms with van der Waals surface area (Å²) in [4.78, 5) is 23.7. The lowest BCUT2D eigenvalue weighted by atomic mass is 9.62. The van der Waals surface area contributed by atoms with Crippen molar-refractivity contribution in [3.8, 4) is 0 Å². The number of methoxy groups -OCH3 is 1. The Hall–Kier alpha value is -1.40. The molecule has 2 aliphatic carbocycles. The van der Waals surface area contributed by atoms with Gasteiger partial charge >= 0.3 is 11.9 Å². The average Bonchev–Trinajstić information content (AvgIpc) is 2.72. The van der Waals surface area contributed by atoms with E-state index >= 15 is 0 Å². The van der Waals surface area contributed by atoms with Crippen molar-refractivity contribution in [2.45, 2.75) is 90.4 Å². The van der Waals surface area contributed by atoms with Crippen LogP contribution in [0.4, 0.5) is 0 Å². The number of carbonyl (C=O) groups is 2. The molecule has 0 bridgehead atoms. The first kappa shape index (κ1) is 24.9. The van der Waals surface area contributed by atoms with Crippen LogP contribution in [0.25, 0.3) is 0 Å². The van der Waals surface area contributed by atoms with Crippen LogP contribution in [0.3, 0.4) is 0 Å². The fourth-order valence-electron chi connectivity index (χ4n) is 5.04. The Morgan fingerprint density at radius 1 is 1.17 bits per heavy atom. The molecule has 2 aliphatic rings. The number of esters is 2. The van der Waals surface area contributed by atoms with Gasteiger partial charge in [0.05, 0.1) is 31.7 Å². The van der Waals surface area contributed by atoms with E-state index < -0.39 is 18.2 Å². The average molecular weight is 425 g/mol. The summed E-state index contributed by atoms with van der Waals surface area (Å²) in [6.07, 6.45) is 8.19. The summed E-state index contributed by atoms with van der Waals surface area (Å²) in [5.41, 5.74) is 0. The maximum Gasteiger partial charge on any atom is 0.308 e. The second kappa shape index (κ2) is 11.8. The molecule has 0 aliphatic heterocycles.